The molecule has 0 aromatic heterocycles. The highest BCUT2D eigenvalue weighted by Crippen LogP contribution is 2.11. The van der Waals surface area contributed by atoms with Crippen LogP contribution in [0.3, 0.4) is 0 Å². The second-order valence-corrected chi connectivity index (χ2v) is 8.20. The number of guanidine groups is 1. The summed E-state index contributed by atoms with van der Waals surface area (Å²) >= 11 is 0. The van der Waals surface area contributed by atoms with Crippen LogP contribution in [-0.2, 0) is 4.79 Å². The number of carbonyl (C=O) groups excluding carboxylic acids is 1. The van der Waals surface area contributed by atoms with Crippen LogP contribution in [0.2, 0.25) is 0 Å². The van der Waals surface area contributed by atoms with E-state index in [1.165, 1.54) is 64.6 Å². The molecule has 6 heteroatoms. The van der Waals surface area contributed by atoms with Gasteiger partial charge in [-0.15, -0.1) is 0 Å². The van der Waals surface area contributed by atoms with E-state index in [2.05, 4.69) is 27.4 Å². The van der Waals surface area contributed by atoms with Gasteiger partial charge in [0.25, 0.3) is 0 Å². The Kier molecular flexibility index (Phi) is 12.0. The molecule has 0 bridgehead atoms. The summed E-state index contributed by atoms with van der Waals surface area (Å²) in [5.74, 6) is 1.25. The highest BCUT2D eigenvalue weighted by molar-refractivity contribution is 5.79. The lowest BCUT2D eigenvalue weighted by atomic mass is 10.1. The average Bonchev–Trinajstić information content (AvgIpc) is 2.92. The first-order valence-corrected chi connectivity index (χ1v) is 11.8. The van der Waals surface area contributed by atoms with Gasteiger partial charge in [0, 0.05) is 39.1 Å². The quantitative estimate of drug-likeness (QED) is 0.322. The van der Waals surface area contributed by atoms with E-state index in [1.807, 2.05) is 4.90 Å². The maximum atomic E-state index is 12.0. The summed E-state index contributed by atoms with van der Waals surface area (Å²) < 4.78 is 0. The molecule has 0 radical (unpaired) electrons. The Morgan fingerprint density at radius 1 is 0.893 bits per heavy atom. The molecule has 2 saturated heterocycles. The van der Waals surface area contributed by atoms with Crippen molar-refractivity contribution in [1.29, 1.82) is 0 Å². The number of amides is 1. The number of nitrogens with one attached hydrogen (secondary N) is 2. The van der Waals surface area contributed by atoms with Gasteiger partial charge in [0.05, 0.1) is 0 Å². The van der Waals surface area contributed by atoms with Gasteiger partial charge in [-0.3, -0.25) is 9.79 Å². The number of piperidine rings is 1. The fourth-order valence-corrected chi connectivity index (χ4v) is 4.10. The zero-order chi connectivity index (χ0) is 19.9. The average molecular weight is 394 g/mol. The Morgan fingerprint density at radius 3 is 2.50 bits per heavy atom. The Hall–Kier alpha value is -1.30. The molecule has 0 aromatic carbocycles. The van der Waals surface area contributed by atoms with E-state index in [0.29, 0.717) is 5.91 Å². The van der Waals surface area contributed by atoms with Crippen molar-refractivity contribution in [3.8, 4) is 0 Å². The number of nitrogens with zero attached hydrogens (tertiary/aromatic N) is 3. The fourth-order valence-electron chi connectivity index (χ4n) is 4.10. The van der Waals surface area contributed by atoms with E-state index in [4.69, 9.17) is 0 Å². The molecule has 0 spiro atoms. The Labute approximate surface area is 172 Å². The largest absolute Gasteiger partial charge is 0.357 e. The van der Waals surface area contributed by atoms with Gasteiger partial charge in [-0.1, -0.05) is 19.3 Å². The van der Waals surface area contributed by atoms with Crippen molar-refractivity contribution in [1.82, 2.24) is 20.4 Å². The molecule has 1 amide bonds. The summed E-state index contributed by atoms with van der Waals surface area (Å²) in [6.45, 7) is 10.4. The second kappa shape index (κ2) is 14.7. The summed E-state index contributed by atoms with van der Waals surface area (Å²) in [4.78, 5) is 21.4. The first kappa shape index (κ1) is 23.0. The maximum absolute atomic E-state index is 12.0. The number of likely N-dealkylation sites (tertiary alicyclic amines) is 2. The van der Waals surface area contributed by atoms with Gasteiger partial charge in [0.1, 0.15) is 0 Å². The molecule has 6 nitrogen and oxygen atoms in total. The third-order valence-corrected chi connectivity index (χ3v) is 5.76. The second-order valence-electron chi connectivity index (χ2n) is 8.20. The first-order valence-electron chi connectivity index (χ1n) is 11.8. The maximum Gasteiger partial charge on any atom is 0.222 e. The molecule has 2 N–H and O–H groups in total. The zero-order valence-electron chi connectivity index (χ0n) is 18.2. The van der Waals surface area contributed by atoms with E-state index in [9.17, 15) is 4.79 Å². The van der Waals surface area contributed by atoms with E-state index < -0.39 is 0 Å². The van der Waals surface area contributed by atoms with Crippen LogP contribution in [0.25, 0.3) is 0 Å². The summed E-state index contributed by atoms with van der Waals surface area (Å²) in [6.07, 6.45) is 13.0. The SMILES string of the molecule is CCNC(=NCCCN1CCCCCC1=O)NCCCCCN1CCCCC1. The van der Waals surface area contributed by atoms with Crippen LogP contribution in [-0.4, -0.2) is 74.0 Å². The van der Waals surface area contributed by atoms with Gasteiger partial charge >= 0.3 is 0 Å². The van der Waals surface area contributed by atoms with Crippen LogP contribution in [0.5, 0.6) is 0 Å². The molecule has 2 fully saturated rings. The molecule has 2 aliphatic heterocycles. The third-order valence-electron chi connectivity index (χ3n) is 5.76. The molecular formula is C22H43N5O. The number of hydrogen-bond acceptors (Lipinski definition) is 3. The van der Waals surface area contributed by atoms with Crippen molar-refractivity contribution >= 4 is 11.9 Å². The minimum atomic E-state index is 0.330. The Bertz CT molecular complexity index is 448. The highest BCUT2D eigenvalue weighted by Gasteiger charge is 2.15. The molecule has 162 valence electrons. The topological polar surface area (TPSA) is 60.0 Å². The summed E-state index contributed by atoms with van der Waals surface area (Å²) in [5.41, 5.74) is 0. The molecule has 2 heterocycles. The van der Waals surface area contributed by atoms with Crippen molar-refractivity contribution < 1.29 is 4.79 Å². The molecule has 0 atom stereocenters. The van der Waals surface area contributed by atoms with Gasteiger partial charge in [0.15, 0.2) is 5.96 Å². The van der Waals surface area contributed by atoms with Crippen LogP contribution in [0.15, 0.2) is 4.99 Å². The summed E-state index contributed by atoms with van der Waals surface area (Å²) in [6, 6.07) is 0. The van der Waals surface area contributed by atoms with Crippen molar-refractivity contribution in [3.05, 3.63) is 0 Å². The molecule has 0 unspecified atom stereocenters. The smallest absolute Gasteiger partial charge is 0.222 e. The number of unbranched alkanes of at least 4 members (excludes halogenated alkanes) is 2. The molecule has 2 rings (SSSR count). The van der Waals surface area contributed by atoms with Crippen LogP contribution in [0, 0.1) is 0 Å². The molecule has 2 aliphatic rings. The van der Waals surface area contributed by atoms with Gasteiger partial charge < -0.3 is 20.4 Å². The number of hydrogen-bond donors (Lipinski definition) is 2. The number of rotatable bonds is 11. The van der Waals surface area contributed by atoms with E-state index in [1.54, 1.807) is 0 Å². The van der Waals surface area contributed by atoms with Crippen LogP contribution in [0.4, 0.5) is 0 Å². The van der Waals surface area contributed by atoms with Gasteiger partial charge in [-0.05, 0) is 71.5 Å². The molecule has 0 aliphatic carbocycles. The van der Waals surface area contributed by atoms with Gasteiger partial charge in [-0.2, -0.15) is 0 Å². The van der Waals surface area contributed by atoms with Crippen LogP contribution >= 0.6 is 0 Å². The highest BCUT2D eigenvalue weighted by atomic mass is 16.2. The number of carbonyl (C=O) groups is 1. The Morgan fingerprint density at radius 2 is 1.68 bits per heavy atom. The van der Waals surface area contributed by atoms with Crippen LogP contribution in [0.1, 0.15) is 77.6 Å². The molecule has 28 heavy (non-hydrogen) atoms. The summed E-state index contributed by atoms with van der Waals surface area (Å²) in [5, 5.41) is 6.79. The standard InChI is InChI=1S/C22H43N5O/c1-2-23-22(24-14-7-4-8-16-26-17-9-5-10-18-26)25-15-12-20-27-19-11-3-6-13-21(27)28/h2-20H2,1H3,(H2,23,24,25). The Balaban J connectivity index is 1.54. The predicted molar refractivity (Wildman–Crippen MR) is 118 cm³/mol. The number of aliphatic imine (C=N–C) groups is 1. The molecule has 0 saturated carbocycles. The zero-order valence-corrected chi connectivity index (χ0v) is 18.2. The first-order chi connectivity index (χ1) is 13.8. The minimum absolute atomic E-state index is 0.330. The lowest BCUT2D eigenvalue weighted by Crippen LogP contribution is -2.38. The minimum Gasteiger partial charge on any atom is -0.357 e. The molecule has 0 aromatic rings. The monoisotopic (exact) mass is 393 g/mol. The van der Waals surface area contributed by atoms with Crippen molar-refractivity contribution in [2.45, 2.75) is 77.6 Å². The van der Waals surface area contributed by atoms with E-state index >= 15 is 0 Å². The lowest BCUT2D eigenvalue weighted by Gasteiger charge is -2.26. The fraction of sp³-hybridized carbons (Fsp3) is 0.909. The normalized spacial score (nSPS) is 19.5. The molecular weight excluding hydrogens is 350 g/mol. The van der Waals surface area contributed by atoms with Gasteiger partial charge in [-0.25, -0.2) is 0 Å². The van der Waals surface area contributed by atoms with E-state index in [0.717, 1.165) is 64.4 Å². The predicted octanol–water partition coefficient (Wildman–Crippen LogP) is 2.99. The third kappa shape index (κ3) is 9.76. The van der Waals surface area contributed by atoms with Crippen molar-refractivity contribution in [2.24, 2.45) is 4.99 Å². The van der Waals surface area contributed by atoms with E-state index in [-0.39, 0.29) is 0 Å². The van der Waals surface area contributed by atoms with Gasteiger partial charge in [0.2, 0.25) is 5.91 Å². The van der Waals surface area contributed by atoms with Crippen molar-refractivity contribution in [3.63, 3.8) is 0 Å². The summed E-state index contributed by atoms with van der Waals surface area (Å²) in [7, 11) is 0. The lowest BCUT2D eigenvalue weighted by molar-refractivity contribution is -0.130. The van der Waals surface area contributed by atoms with Crippen molar-refractivity contribution in [2.75, 3.05) is 52.4 Å². The van der Waals surface area contributed by atoms with Crippen LogP contribution < -0.4 is 10.6 Å².